The molecule has 3 nitrogen and oxygen atoms in total. The predicted octanol–water partition coefficient (Wildman–Crippen LogP) is 2.70. The first-order valence-electron chi connectivity index (χ1n) is 5.69. The lowest BCUT2D eigenvalue weighted by Crippen LogP contribution is -2.37. The van der Waals surface area contributed by atoms with Gasteiger partial charge >= 0.3 is 0 Å². The number of hydrogen-bond acceptors (Lipinski definition) is 2. The number of fused-ring (bicyclic) bond motifs is 1. The summed E-state index contributed by atoms with van der Waals surface area (Å²) in [5.74, 6) is -0.134. The number of rotatable bonds is 2. The van der Waals surface area contributed by atoms with Gasteiger partial charge in [-0.25, -0.2) is 4.39 Å². The first-order chi connectivity index (χ1) is 8.13. The molecule has 0 saturated carbocycles. The minimum Gasteiger partial charge on any atom is -0.346 e. The molecule has 0 bridgehead atoms. The maximum absolute atomic E-state index is 13.9. The van der Waals surface area contributed by atoms with Crippen molar-refractivity contribution in [3.63, 3.8) is 0 Å². The molecule has 2 atom stereocenters. The van der Waals surface area contributed by atoms with Gasteiger partial charge in [0.25, 0.3) is 0 Å². The van der Waals surface area contributed by atoms with Gasteiger partial charge in [-0.05, 0) is 39.9 Å². The topological polar surface area (TPSA) is 42.0 Å². The SMILES string of the molecule is CCC(=O)NC1c2cncc(Br)c2CCC1F. The smallest absolute Gasteiger partial charge is 0.220 e. The van der Waals surface area contributed by atoms with Crippen molar-refractivity contribution >= 4 is 21.8 Å². The van der Waals surface area contributed by atoms with Gasteiger partial charge in [0.1, 0.15) is 6.17 Å². The molecule has 1 aliphatic rings. The van der Waals surface area contributed by atoms with Crippen LogP contribution >= 0.6 is 15.9 Å². The molecule has 1 heterocycles. The van der Waals surface area contributed by atoms with E-state index >= 15 is 0 Å². The van der Waals surface area contributed by atoms with Gasteiger partial charge in [0.05, 0.1) is 6.04 Å². The van der Waals surface area contributed by atoms with Gasteiger partial charge in [0.2, 0.25) is 5.91 Å². The zero-order chi connectivity index (χ0) is 12.4. The molecule has 1 amide bonds. The molecule has 1 aromatic heterocycles. The fourth-order valence-electron chi connectivity index (χ4n) is 2.10. The molecule has 0 fully saturated rings. The second-order valence-corrected chi connectivity index (χ2v) is 5.00. The van der Waals surface area contributed by atoms with E-state index in [-0.39, 0.29) is 5.91 Å². The van der Waals surface area contributed by atoms with Crippen molar-refractivity contribution in [2.45, 2.75) is 38.4 Å². The summed E-state index contributed by atoms with van der Waals surface area (Å²) >= 11 is 3.42. The number of pyridine rings is 1. The van der Waals surface area contributed by atoms with Crippen LogP contribution in [0.4, 0.5) is 4.39 Å². The molecule has 1 aromatic rings. The summed E-state index contributed by atoms with van der Waals surface area (Å²) in [7, 11) is 0. The van der Waals surface area contributed by atoms with Crippen molar-refractivity contribution in [1.82, 2.24) is 10.3 Å². The minimum atomic E-state index is -1.03. The number of halogens is 2. The molecule has 2 unspecified atom stereocenters. The number of nitrogens with one attached hydrogen (secondary N) is 1. The van der Waals surface area contributed by atoms with Crippen LogP contribution in [0.5, 0.6) is 0 Å². The Morgan fingerprint density at radius 2 is 2.41 bits per heavy atom. The lowest BCUT2D eigenvalue weighted by atomic mass is 9.87. The summed E-state index contributed by atoms with van der Waals surface area (Å²) in [6.07, 6.45) is 3.79. The summed E-state index contributed by atoms with van der Waals surface area (Å²) in [6.45, 7) is 1.76. The van der Waals surface area contributed by atoms with Crippen LogP contribution in [-0.4, -0.2) is 17.1 Å². The molecule has 0 aromatic carbocycles. The fraction of sp³-hybridized carbons (Fsp3) is 0.500. The van der Waals surface area contributed by atoms with Crippen LogP contribution in [0.2, 0.25) is 0 Å². The quantitative estimate of drug-likeness (QED) is 0.912. The van der Waals surface area contributed by atoms with E-state index in [0.29, 0.717) is 19.3 Å². The Bertz CT molecular complexity index is 439. The first kappa shape index (κ1) is 12.5. The van der Waals surface area contributed by atoms with E-state index in [1.54, 1.807) is 19.3 Å². The Hall–Kier alpha value is -0.970. The maximum Gasteiger partial charge on any atom is 0.220 e. The molecule has 92 valence electrons. The zero-order valence-electron chi connectivity index (χ0n) is 9.54. The largest absolute Gasteiger partial charge is 0.346 e. The minimum absolute atomic E-state index is 0.134. The number of nitrogens with zero attached hydrogens (tertiary/aromatic N) is 1. The van der Waals surface area contributed by atoms with Crippen molar-refractivity contribution in [1.29, 1.82) is 0 Å². The Kier molecular flexibility index (Phi) is 3.76. The van der Waals surface area contributed by atoms with Gasteiger partial charge in [0, 0.05) is 23.3 Å². The molecule has 0 saturated heterocycles. The van der Waals surface area contributed by atoms with E-state index in [2.05, 4.69) is 26.2 Å². The Balaban J connectivity index is 2.33. The number of carbonyl (C=O) groups excluding carboxylic acids is 1. The van der Waals surface area contributed by atoms with Gasteiger partial charge in [-0.15, -0.1) is 0 Å². The van der Waals surface area contributed by atoms with Crippen molar-refractivity contribution < 1.29 is 9.18 Å². The molecular formula is C12H14BrFN2O. The lowest BCUT2D eigenvalue weighted by Gasteiger charge is -2.29. The van der Waals surface area contributed by atoms with E-state index in [1.165, 1.54) is 0 Å². The van der Waals surface area contributed by atoms with E-state index in [0.717, 1.165) is 15.6 Å². The van der Waals surface area contributed by atoms with Crippen molar-refractivity contribution in [2.75, 3.05) is 0 Å². The number of carbonyl (C=O) groups is 1. The van der Waals surface area contributed by atoms with Gasteiger partial charge in [0.15, 0.2) is 0 Å². The fourth-order valence-corrected chi connectivity index (χ4v) is 2.64. The molecule has 5 heteroatoms. The lowest BCUT2D eigenvalue weighted by molar-refractivity contribution is -0.122. The van der Waals surface area contributed by atoms with E-state index in [9.17, 15) is 9.18 Å². The normalized spacial score (nSPS) is 23.0. The summed E-state index contributed by atoms with van der Waals surface area (Å²) in [5, 5.41) is 2.73. The third kappa shape index (κ3) is 2.49. The second kappa shape index (κ2) is 5.12. The summed E-state index contributed by atoms with van der Waals surface area (Å²) in [6, 6.07) is -0.559. The monoisotopic (exact) mass is 300 g/mol. The van der Waals surface area contributed by atoms with Crippen LogP contribution in [-0.2, 0) is 11.2 Å². The highest BCUT2D eigenvalue weighted by molar-refractivity contribution is 9.10. The van der Waals surface area contributed by atoms with Gasteiger partial charge in [-0.2, -0.15) is 0 Å². The highest BCUT2D eigenvalue weighted by atomic mass is 79.9. The summed E-state index contributed by atoms with van der Waals surface area (Å²) in [5.41, 5.74) is 1.84. The predicted molar refractivity (Wildman–Crippen MR) is 66.3 cm³/mol. The third-order valence-corrected chi connectivity index (χ3v) is 3.73. The highest BCUT2D eigenvalue weighted by Gasteiger charge is 2.31. The molecule has 1 aliphatic carbocycles. The number of hydrogen-bond donors (Lipinski definition) is 1. The average molecular weight is 301 g/mol. The second-order valence-electron chi connectivity index (χ2n) is 4.14. The maximum atomic E-state index is 13.9. The zero-order valence-corrected chi connectivity index (χ0v) is 11.1. The molecular weight excluding hydrogens is 287 g/mol. The van der Waals surface area contributed by atoms with Crippen LogP contribution in [0.15, 0.2) is 16.9 Å². The van der Waals surface area contributed by atoms with Crippen LogP contribution in [0, 0.1) is 0 Å². The van der Waals surface area contributed by atoms with E-state index in [4.69, 9.17) is 0 Å². The molecule has 0 radical (unpaired) electrons. The van der Waals surface area contributed by atoms with Crippen molar-refractivity contribution in [3.8, 4) is 0 Å². The molecule has 0 aliphatic heterocycles. The first-order valence-corrected chi connectivity index (χ1v) is 6.48. The molecule has 2 rings (SSSR count). The van der Waals surface area contributed by atoms with Crippen LogP contribution in [0.1, 0.15) is 36.9 Å². The number of amides is 1. The molecule has 1 N–H and O–H groups in total. The number of aromatic nitrogens is 1. The third-order valence-electron chi connectivity index (χ3n) is 3.04. The molecule has 0 spiro atoms. The van der Waals surface area contributed by atoms with Crippen LogP contribution in [0.25, 0.3) is 0 Å². The Morgan fingerprint density at radius 1 is 1.65 bits per heavy atom. The molecule has 17 heavy (non-hydrogen) atoms. The van der Waals surface area contributed by atoms with Crippen molar-refractivity contribution in [2.24, 2.45) is 0 Å². The summed E-state index contributed by atoms with van der Waals surface area (Å²) < 4.78 is 14.8. The van der Waals surface area contributed by atoms with Gasteiger partial charge < -0.3 is 5.32 Å². The average Bonchev–Trinajstić information content (AvgIpc) is 2.33. The Morgan fingerprint density at radius 3 is 3.12 bits per heavy atom. The van der Waals surface area contributed by atoms with Gasteiger partial charge in [-0.1, -0.05) is 6.92 Å². The standard InChI is InChI=1S/C12H14BrFN2O/c1-2-11(17)16-12-8-5-15-6-9(13)7(8)3-4-10(12)14/h5-6,10,12H,2-4H2,1H3,(H,16,17). The number of alkyl halides is 1. The van der Waals surface area contributed by atoms with Gasteiger partial charge in [-0.3, -0.25) is 9.78 Å². The van der Waals surface area contributed by atoms with Crippen LogP contribution < -0.4 is 5.32 Å². The van der Waals surface area contributed by atoms with Crippen LogP contribution in [0.3, 0.4) is 0 Å². The van der Waals surface area contributed by atoms with E-state index in [1.807, 2.05) is 0 Å². The Labute approximate surface area is 108 Å². The highest BCUT2D eigenvalue weighted by Crippen LogP contribution is 2.35. The summed E-state index contributed by atoms with van der Waals surface area (Å²) in [4.78, 5) is 15.5. The van der Waals surface area contributed by atoms with E-state index < -0.39 is 12.2 Å². The van der Waals surface area contributed by atoms with Crippen molar-refractivity contribution in [3.05, 3.63) is 28.0 Å².